The Balaban J connectivity index is 1.58. The van der Waals surface area contributed by atoms with Crippen LogP contribution in [0.25, 0.3) is 11.3 Å². The van der Waals surface area contributed by atoms with E-state index in [9.17, 15) is 4.79 Å². The number of benzene rings is 2. The van der Waals surface area contributed by atoms with Crippen LogP contribution in [0, 0.1) is 0 Å². The van der Waals surface area contributed by atoms with Gasteiger partial charge >= 0.3 is 5.97 Å². The Hall–Kier alpha value is -3.12. The molecule has 0 aliphatic carbocycles. The van der Waals surface area contributed by atoms with Crippen LogP contribution in [0.1, 0.15) is 59.8 Å². The third-order valence-corrected chi connectivity index (χ3v) is 6.27. The number of fused-ring (bicyclic) bond motifs is 4. The summed E-state index contributed by atoms with van der Waals surface area (Å²) in [7, 11) is 0. The molecule has 1 fully saturated rings. The summed E-state index contributed by atoms with van der Waals surface area (Å²) in [5, 5.41) is 11.0. The van der Waals surface area contributed by atoms with E-state index in [1.165, 1.54) is 5.56 Å². The van der Waals surface area contributed by atoms with Crippen molar-refractivity contribution in [2.45, 2.75) is 44.8 Å². The molecule has 0 radical (unpaired) electrons. The predicted octanol–water partition coefficient (Wildman–Crippen LogP) is 4.53. The number of hydrogen-bond donors (Lipinski definition) is 2. The van der Waals surface area contributed by atoms with E-state index in [0.717, 1.165) is 54.1 Å². The molecule has 3 heterocycles. The fourth-order valence-electron chi connectivity index (χ4n) is 4.72. The molecule has 1 saturated heterocycles. The third-order valence-electron chi connectivity index (χ3n) is 6.27. The average molecular weight is 418 g/mol. The fraction of sp³-hybridized carbons (Fsp3) is 0.360. The van der Waals surface area contributed by atoms with Gasteiger partial charge < -0.3 is 14.8 Å². The highest BCUT2D eigenvalue weighted by atomic mass is 16.5. The van der Waals surface area contributed by atoms with Crippen molar-refractivity contribution in [3.05, 3.63) is 70.9 Å². The molecule has 1 spiro atoms. The molecule has 0 unspecified atom stereocenters. The Kier molecular flexibility index (Phi) is 5.02. The largest absolute Gasteiger partial charge is 0.482 e. The molecule has 0 amide bonds. The summed E-state index contributed by atoms with van der Waals surface area (Å²) in [5.41, 5.74) is 4.57. The quantitative estimate of drug-likeness (QED) is 0.610. The number of carbonyl (C=O) groups excluding carboxylic acids is 1. The van der Waals surface area contributed by atoms with Crippen molar-refractivity contribution in [2.75, 3.05) is 13.1 Å². The highest BCUT2D eigenvalue weighted by Crippen LogP contribution is 2.51. The van der Waals surface area contributed by atoms with Gasteiger partial charge in [0, 0.05) is 18.4 Å². The summed E-state index contributed by atoms with van der Waals surface area (Å²) in [6.07, 6.45) is 1.54. The van der Waals surface area contributed by atoms with Gasteiger partial charge in [0.1, 0.15) is 23.7 Å². The van der Waals surface area contributed by atoms with Crippen LogP contribution in [-0.4, -0.2) is 29.3 Å². The lowest BCUT2D eigenvalue weighted by Gasteiger charge is -2.42. The molecular weight excluding hydrogens is 390 g/mol. The summed E-state index contributed by atoms with van der Waals surface area (Å²) in [6.45, 7) is 6.18. The predicted molar refractivity (Wildman–Crippen MR) is 118 cm³/mol. The lowest BCUT2D eigenvalue weighted by molar-refractivity contribution is 0.0258. The molecule has 6 heteroatoms. The number of rotatable bonds is 4. The minimum Gasteiger partial charge on any atom is -0.482 e. The number of nitrogens with zero attached hydrogens (tertiary/aromatic N) is 1. The smallest absolute Gasteiger partial charge is 0.357 e. The third kappa shape index (κ3) is 3.41. The molecule has 0 saturated carbocycles. The van der Waals surface area contributed by atoms with Crippen molar-refractivity contribution in [3.63, 3.8) is 0 Å². The van der Waals surface area contributed by atoms with Gasteiger partial charge in [0.2, 0.25) is 0 Å². The second-order valence-electron chi connectivity index (χ2n) is 8.61. The molecule has 1 aromatic heterocycles. The molecular formula is C25H27N3O3. The lowest BCUT2D eigenvalue weighted by atomic mass is 9.78. The molecule has 2 aliphatic heterocycles. The highest BCUT2D eigenvalue weighted by Gasteiger charge is 2.47. The molecule has 2 aromatic carbocycles. The fourth-order valence-corrected chi connectivity index (χ4v) is 4.72. The number of H-pyrrole nitrogens is 1. The molecule has 0 bridgehead atoms. The van der Waals surface area contributed by atoms with Crippen LogP contribution >= 0.6 is 0 Å². The van der Waals surface area contributed by atoms with Crippen LogP contribution in [0.3, 0.4) is 0 Å². The van der Waals surface area contributed by atoms with E-state index in [1.807, 2.05) is 42.5 Å². The zero-order chi connectivity index (χ0) is 21.4. The minimum absolute atomic E-state index is 0.219. The van der Waals surface area contributed by atoms with Gasteiger partial charge in [0.05, 0.1) is 5.56 Å². The average Bonchev–Trinajstić information content (AvgIpc) is 3.25. The van der Waals surface area contributed by atoms with E-state index >= 15 is 0 Å². The molecule has 6 nitrogen and oxygen atoms in total. The van der Waals surface area contributed by atoms with Crippen molar-refractivity contribution in [1.82, 2.24) is 15.5 Å². The number of nitrogens with one attached hydrogen (secondary N) is 2. The molecule has 5 rings (SSSR count). The van der Waals surface area contributed by atoms with Gasteiger partial charge in [-0.2, -0.15) is 5.10 Å². The van der Waals surface area contributed by atoms with Crippen LogP contribution in [0.4, 0.5) is 0 Å². The van der Waals surface area contributed by atoms with Crippen LogP contribution in [0.5, 0.6) is 5.75 Å². The van der Waals surface area contributed by atoms with Gasteiger partial charge in [0.25, 0.3) is 0 Å². The number of esters is 1. The van der Waals surface area contributed by atoms with E-state index in [2.05, 4.69) is 35.4 Å². The monoisotopic (exact) mass is 417 g/mol. The first-order valence-corrected chi connectivity index (χ1v) is 10.9. The summed E-state index contributed by atoms with van der Waals surface area (Å²) < 4.78 is 12.3. The number of aromatic amines is 1. The van der Waals surface area contributed by atoms with Crippen molar-refractivity contribution >= 4 is 5.97 Å². The number of carbonyl (C=O) groups is 1. The second kappa shape index (κ2) is 7.85. The lowest BCUT2D eigenvalue weighted by Crippen LogP contribution is -2.46. The Morgan fingerprint density at radius 2 is 1.90 bits per heavy atom. The van der Waals surface area contributed by atoms with Gasteiger partial charge in [-0.1, -0.05) is 56.3 Å². The first-order chi connectivity index (χ1) is 15.1. The molecule has 0 atom stereocenters. The van der Waals surface area contributed by atoms with Gasteiger partial charge in [-0.25, -0.2) is 4.79 Å². The zero-order valence-corrected chi connectivity index (χ0v) is 17.9. The normalized spacial score (nSPS) is 16.5. The summed E-state index contributed by atoms with van der Waals surface area (Å²) in [4.78, 5) is 13.1. The first kappa shape index (κ1) is 19.8. The first-order valence-electron chi connectivity index (χ1n) is 10.9. The van der Waals surface area contributed by atoms with E-state index in [-0.39, 0.29) is 6.61 Å². The maximum atomic E-state index is 13.1. The van der Waals surface area contributed by atoms with Crippen LogP contribution in [0.15, 0.2) is 48.5 Å². The van der Waals surface area contributed by atoms with E-state index in [0.29, 0.717) is 11.6 Å². The van der Waals surface area contributed by atoms with Gasteiger partial charge in [-0.3, -0.25) is 5.10 Å². The maximum absolute atomic E-state index is 13.1. The molecule has 2 N–H and O–H groups in total. The molecule has 3 aromatic rings. The molecule has 2 aliphatic rings. The van der Waals surface area contributed by atoms with Crippen LogP contribution < -0.4 is 10.1 Å². The van der Waals surface area contributed by atoms with Gasteiger partial charge in [0.15, 0.2) is 5.69 Å². The van der Waals surface area contributed by atoms with E-state index in [4.69, 9.17) is 9.47 Å². The second-order valence-corrected chi connectivity index (χ2v) is 8.61. The van der Waals surface area contributed by atoms with E-state index in [1.54, 1.807) is 0 Å². The standard InChI is InChI=1S/C25H27N3O3/c1-16(2)18-9-6-10-19-20(18)22-21(25(31-19)11-13-26-14-12-25)23(28-27-22)24(29)30-15-17-7-4-3-5-8-17/h3-10,16,26H,11-15H2,1-2H3,(H,27,28). The zero-order valence-electron chi connectivity index (χ0n) is 17.9. The minimum atomic E-state index is -0.586. The van der Waals surface area contributed by atoms with Gasteiger partial charge in [-0.15, -0.1) is 0 Å². The maximum Gasteiger partial charge on any atom is 0.357 e. The van der Waals surface area contributed by atoms with Crippen molar-refractivity contribution in [2.24, 2.45) is 0 Å². The number of hydrogen-bond acceptors (Lipinski definition) is 5. The molecule has 31 heavy (non-hydrogen) atoms. The topological polar surface area (TPSA) is 76.2 Å². The Morgan fingerprint density at radius 1 is 1.13 bits per heavy atom. The number of ether oxygens (including phenoxy) is 2. The SMILES string of the molecule is CC(C)c1cccc2c1-c1n[nH]c(C(=O)OCc3ccccc3)c1C1(CCNCC1)O2. The van der Waals surface area contributed by atoms with Crippen molar-refractivity contribution in [1.29, 1.82) is 0 Å². The molecule has 160 valence electrons. The summed E-state index contributed by atoms with van der Waals surface area (Å²) >= 11 is 0. The Bertz CT molecular complexity index is 1100. The Labute approximate surface area is 182 Å². The van der Waals surface area contributed by atoms with Crippen LogP contribution in [0.2, 0.25) is 0 Å². The van der Waals surface area contributed by atoms with Crippen molar-refractivity contribution < 1.29 is 14.3 Å². The number of aromatic nitrogens is 2. The summed E-state index contributed by atoms with van der Waals surface area (Å²) in [5.74, 6) is 0.750. The van der Waals surface area contributed by atoms with Crippen molar-refractivity contribution in [3.8, 4) is 17.0 Å². The highest BCUT2D eigenvalue weighted by molar-refractivity contribution is 5.93. The van der Waals surface area contributed by atoms with Crippen LogP contribution in [-0.2, 0) is 16.9 Å². The Morgan fingerprint density at radius 3 is 2.65 bits per heavy atom. The number of piperidine rings is 1. The van der Waals surface area contributed by atoms with E-state index < -0.39 is 11.6 Å². The van der Waals surface area contributed by atoms with Gasteiger partial charge in [-0.05, 0) is 36.2 Å². The summed E-state index contributed by atoms with van der Waals surface area (Å²) in [6, 6.07) is 15.9.